The molecule has 0 N–H and O–H groups in total. The summed E-state index contributed by atoms with van der Waals surface area (Å²) in [6.45, 7) is 23.7. The fourth-order valence-electron chi connectivity index (χ4n) is 5.96. The van der Waals surface area contributed by atoms with Crippen LogP contribution in [0.5, 0.6) is 0 Å². The lowest BCUT2D eigenvalue weighted by Gasteiger charge is -2.53. The van der Waals surface area contributed by atoms with Crippen LogP contribution in [0.25, 0.3) is 0 Å². The minimum Gasteiger partial charge on any atom is -0.413 e. The molecule has 0 bridgehead atoms. The van der Waals surface area contributed by atoms with E-state index in [0.29, 0.717) is 23.2 Å². The lowest BCUT2D eigenvalue weighted by Crippen LogP contribution is -2.72. The van der Waals surface area contributed by atoms with Gasteiger partial charge in [-0.3, -0.25) is 4.79 Å². The molecule has 180 valence electrons. The zero-order valence-electron chi connectivity index (χ0n) is 21.4. The molecule has 3 heterocycles. The van der Waals surface area contributed by atoms with Crippen molar-refractivity contribution in [1.82, 2.24) is 0 Å². The summed E-state index contributed by atoms with van der Waals surface area (Å²) in [5, 5.41) is 0. The molecule has 0 aliphatic carbocycles. The second-order valence-corrected chi connectivity index (χ2v) is 17.4. The van der Waals surface area contributed by atoms with E-state index in [-0.39, 0.29) is 36.3 Å². The van der Waals surface area contributed by atoms with Crippen LogP contribution in [0.3, 0.4) is 0 Å². The Morgan fingerprint density at radius 3 is 1.87 bits per heavy atom. The molecule has 3 fully saturated rings. The first kappa shape index (κ1) is 25.3. The Bertz CT molecular complexity index is 646. The number of fused-ring (bicyclic) bond motifs is 3. The van der Waals surface area contributed by atoms with E-state index in [2.05, 4.69) is 41.5 Å². The summed E-state index contributed by atoms with van der Waals surface area (Å²) in [7, 11) is -2.06. The van der Waals surface area contributed by atoms with Crippen molar-refractivity contribution in [2.24, 2.45) is 5.41 Å². The second-order valence-electron chi connectivity index (χ2n) is 12.0. The Labute approximate surface area is 189 Å². The fraction of sp³-hybridized carbons (Fsp3) is 0.958. The van der Waals surface area contributed by atoms with Gasteiger partial charge in [0.25, 0.3) is 0 Å². The Hall–Kier alpha value is -0.313. The molecule has 0 aromatic rings. The third kappa shape index (κ3) is 4.43. The Balaban J connectivity index is 1.82. The Morgan fingerprint density at radius 2 is 1.39 bits per heavy atom. The zero-order valence-corrected chi connectivity index (χ0v) is 22.4. The molecule has 3 aliphatic rings. The number of Topliss-reactive ketones (excluding diaryl/α,β-unsaturated/α-hetero) is 1. The highest BCUT2D eigenvalue weighted by Gasteiger charge is 2.64. The zero-order chi connectivity index (χ0) is 23.5. The molecule has 7 heteroatoms. The highest BCUT2D eigenvalue weighted by atomic mass is 28.4. The van der Waals surface area contributed by atoms with Gasteiger partial charge in [0.2, 0.25) is 0 Å². The number of carbonyl (C=O) groups excluding carboxylic acids is 1. The summed E-state index contributed by atoms with van der Waals surface area (Å²) in [6, 6.07) is 0. The first-order valence-corrected chi connectivity index (χ1v) is 14.1. The maximum absolute atomic E-state index is 12.9. The molecule has 0 aromatic heterocycles. The molecule has 31 heavy (non-hydrogen) atoms. The quantitative estimate of drug-likeness (QED) is 0.510. The maximum Gasteiger partial charge on any atom is 0.200 e. The smallest absolute Gasteiger partial charge is 0.200 e. The monoisotopic (exact) mass is 456 g/mol. The number of ketones is 1. The van der Waals surface area contributed by atoms with Gasteiger partial charge in [0, 0.05) is 5.41 Å². The lowest BCUT2D eigenvalue weighted by atomic mass is 9.79. The number of rotatable bonds is 7. The SMILES string of the molecule is CC(C)[Si](OC[C@H]1O[C@H]2[C@H](O[C@H]2C(=O)C(C)(C)C)[C@H]2OC(C)(C)O[C@H]21)(C(C)C)C(C)C. The number of ether oxygens (including phenoxy) is 4. The third-order valence-corrected chi connectivity index (χ3v) is 13.4. The van der Waals surface area contributed by atoms with E-state index >= 15 is 0 Å². The highest BCUT2D eigenvalue weighted by molar-refractivity contribution is 6.77. The normalized spacial score (nSPS) is 35.3. The van der Waals surface area contributed by atoms with E-state index in [1.807, 2.05) is 34.6 Å². The highest BCUT2D eigenvalue weighted by Crippen LogP contribution is 2.47. The molecular weight excluding hydrogens is 412 g/mol. The average molecular weight is 457 g/mol. The van der Waals surface area contributed by atoms with E-state index in [1.165, 1.54) is 0 Å². The summed E-state index contributed by atoms with van der Waals surface area (Å²) >= 11 is 0. The van der Waals surface area contributed by atoms with Crippen LogP contribution in [-0.4, -0.2) is 63.1 Å². The molecule has 3 saturated heterocycles. The molecule has 0 aromatic carbocycles. The van der Waals surface area contributed by atoms with Crippen LogP contribution in [0.2, 0.25) is 16.6 Å². The average Bonchev–Trinajstić information content (AvgIpc) is 2.90. The van der Waals surface area contributed by atoms with Crippen molar-refractivity contribution in [1.29, 1.82) is 0 Å². The van der Waals surface area contributed by atoms with Gasteiger partial charge in [-0.25, -0.2) is 0 Å². The van der Waals surface area contributed by atoms with Gasteiger partial charge in [0.05, 0.1) is 6.61 Å². The molecule has 6 nitrogen and oxygen atoms in total. The molecule has 3 rings (SSSR count). The minimum absolute atomic E-state index is 0.0697. The van der Waals surface area contributed by atoms with E-state index in [0.717, 1.165) is 0 Å². The van der Waals surface area contributed by atoms with Gasteiger partial charge < -0.3 is 23.4 Å². The van der Waals surface area contributed by atoms with Crippen LogP contribution in [0, 0.1) is 5.41 Å². The molecule has 0 spiro atoms. The van der Waals surface area contributed by atoms with Crippen molar-refractivity contribution in [2.75, 3.05) is 6.61 Å². The number of carbonyl (C=O) groups is 1. The van der Waals surface area contributed by atoms with Crippen LogP contribution in [0.1, 0.15) is 76.2 Å². The molecule has 3 aliphatic heterocycles. The maximum atomic E-state index is 12.9. The van der Waals surface area contributed by atoms with Crippen molar-refractivity contribution in [2.45, 2.75) is 135 Å². The molecular formula is C24H44O6Si. The predicted octanol–water partition coefficient (Wildman–Crippen LogP) is 4.85. The summed E-state index contributed by atoms with van der Waals surface area (Å²) < 4.78 is 31.9. The minimum atomic E-state index is -2.06. The molecule has 6 atom stereocenters. The van der Waals surface area contributed by atoms with Crippen molar-refractivity contribution in [3.63, 3.8) is 0 Å². The van der Waals surface area contributed by atoms with Crippen LogP contribution in [-0.2, 0) is 28.2 Å². The van der Waals surface area contributed by atoms with Gasteiger partial charge in [-0.15, -0.1) is 0 Å². The standard InChI is InChI=1S/C24H44O6Si/c1-13(2)31(14(3)4,15(5)6)26-12-16-17-20(30-24(10,11)29-17)18-19(27-16)21(28-18)22(25)23(7,8)9/h13-21H,12H2,1-11H3/t16-,17+,18+,19+,20+,21-/m1/s1. The first-order valence-electron chi connectivity index (χ1n) is 12.0. The topological polar surface area (TPSA) is 63.2 Å². The van der Waals surface area contributed by atoms with Crippen molar-refractivity contribution < 1.29 is 28.2 Å². The van der Waals surface area contributed by atoms with Gasteiger partial charge >= 0.3 is 0 Å². The third-order valence-electron chi connectivity index (χ3n) is 7.31. The Kier molecular flexibility index (Phi) is 6.92. The van der Waals surface area contributed by atoms with Gasteiger partial charge in [-0.1, -0.05) is 62.3 Å². The van der Waals surface area contributed by atoms with Crippen LogP contribution in [0.15, 0.2) is 0 Å². The fourth-order valence-corrected chi connectivity index (χ4v) is 11.4. The molecule has 0 unspecified atom stereocenters. The summed E-state index contributed by atoms with van der Waals surface area (Å²) in [5.74, 6) is -0.642. The largest absolute Gasteiger partial charge is 0.413 e. The molecule has 0 saturated carbocycles. The van der Waals surface area contributed by atoms with Crippen molar-refractivity contribution >= 4 is 14.1 Å². The second kappa shape index (κ2) is 8.48. The van der Waals surface area contributed by atoms with Crippen LogP contribution < -0.4 is 0 Å². The van der Waals surface area contributed by atoms with Crippen LogP contribution >= 0.6 is 0 Å². The van der Waals surface area contributed by atoms with Gasteiger partial charge in [0.15, 0.2) is 19.9 Å². The lowest BCUT2D eigenvalue weighted by molar-refractivity contribution is -0.311. The summed E-state index contributed by atoms with van der Waals surface area (Å²) in [5.41, 5.74) is 0.973. The van der Waals surface area contributed by atoms with E-state index < -0.39 is 25.6 Å². The van der Waals surface area contributed by atoms with E-state index in [1.54, 1.807) is 0 Å². The van der Waals surface area contributed by atoms with Gasteiger partial charge in [-0.2, -0.15) is 0 Å². The van der Waals surface area contributed by atoms with E-state index in [9.17, 15) is 4.79 Å². The van der Waals surface area contributed by atoms with Gasteiger partial charge in [0.1, 0.15) is 36.6 Å². The molecule has 0 amide bonds. The van der Waals surface area contributed by atoms with Crippen molar-refractivity contribution in [3.8, 4) is 0 Å². The number of hydrogen-bond acceptors (Lipinski definition) is 6. The first-order chi connectivity index (χ1) is 14.1. The predicted molar refractivity (Wildman–Crippen MR) is 123 cm³/mol. The summed E-state index contributed by atoms with van der Waals surface area (Å²) in [4.78, 5) is 12.9. The molecule has 0 radical (unpaired) electrons. The summed E-state index contributed by atoms with van der Waals surface area (Å²) in [6.07, 6.45) is -1.94. The van der Waals surface area contributed by atoms with Gasteiger partial charge in [-0.05, 0) is 30.5 Å². The van der Waals surface area contributed by atoms with Crippen LogP contribution in [0.4, 0.5) is 0 Å². The Morgan fingerprint density at radius 1 is 0.871 bits per heavy atom. The number of hydrogen-bond donors (Lipinski definition) is 0. The van der Waals surface area contributed by atoms with E-state index in [4.69, 9.17) is 23.4 Å². The van der Waals surface area contributed by atoms with Crippen molar-refractivity contribution in [3.05, 3.63) is 0 Å².